The number of hydrogen-bond donors (Lipinski definition) is 1. The third-order valence-corrected chi connectivity index (χ3v) is 11.6. The number of sulfonamides is 1. The Bertz CT molecular complexity index is 1730. The topological polar surface area (TPSA) is 103 Å². The van der Waals surface area contributed by atoms with Gasteiger partial charge in [-0.05, 0) is 97.2 Å². The predicted octanol–water partition coefficient (Wildman–Crippen LogP) is 6.31. The lowest BCUT2D eigenvalue weighted by Crippen LogP contribution is -2.50. The van der Waals surface area contributed by atoms with Crippen LogP contribution < -0.4 is 9.62 Å². The smallest absolute Gasteiger partial charge is 0.346 e. The first-order chi connectivity index (χ1) is 20.5. The van der Waals surface area contributed by atoms with E-state index in [0.717, 1.165) is 48.8 Å². The van der Waals surface area contributed by atoms with Gasteiger partial charge in [-0.2, -0.15) is 30.2 Å². The second kappa shape index (κ2) is 11.0. The number of pyridine rings is 1. The van der Waals surface area contributed by atoms with Gasteiger partial charge in [-0.15, -0.1) is 0 Å². The molecule has 2 fully saturated rings. The molecule has 1 aromatic heterocycles. The number of hydrogen-bond acceptors (Lipinski definition) is 6. The number of nitrogens with zero attached hydrogens (tertiary/aromatic N) is 3. The number of carbonyl (C=O) groups is 1. The number of carbonyl (C=O) groups excluding carboxylic acids is 1. The van der Waals surface area contributed by atoms with Crippen molar-refractivity contribution < 1.29 is 26.4 Å². The highest BCUT2D eigenvalue weighted by atomic mass is 35.5. The first kappa shape index (κ1) is 29.8. The molecular weight excluding hydrogens is 621 g/mol. The molecule has 3 aromatic rings. The minimum absolute atomic E-state index is 0.0958. The Morgan fingerprint density at radius 2 is 1.84 bits per heavy atom. The van der Waals surface area contributed by atoms with E-state index < -0.39 is 33.1 Å². The van der Waals surface area contributed by atoms with Gasteiger partial charge < -0.3 is 5.32 Å². The van der Waals surface area contributed by atoms with Crippen molar-refractivity contribution in [2.75, 3.05) is 15.8 Å². The number of aromatic nitrogens is 1. The van der Waals surface area contributed by atoms with Crippen LogP contribution in [-0.4, -0.2) is 36.9 Å². The molecule has 1 saturated heterocycles. The molecule has 1 amide bonds. The fourth-order valence-corrected chi connectivity index (χ4v) is 9.52. The molecule has 1 aliphatic carbocycles. The summed E-state index contributed by atoms with van der Waals surface area (Å²) in [6.07, 6.45) is -0.546. The molecule has 0 bridgehead atoms. The van der Waals surface area contributed by atoms with Crippen LogP contribution in [0.2, 0.25) is 5.02 Å². The summed E-state index contributed by atoms with van der Waals surface area (Å²) >= 11 is 7.85. The van der Waals surface area contributed by atoms with Crippen LogP contribution >= 0.6 is 23.4 Å². The quantitative estimate of drug-likeness (QED) is 0.337. The minimum Gasteiger partial charge on any atom is -0.346 e. The maximum absolute atomic E-state index is 14.2. The van der Waals surface area contributed by atoms with Crippen molar-refractivity contribution in [3.8, 4) is 6.07 Å². The Hall–Kier alpha value is -3.27. The third-order valence-electron chi connectivity index (χ3n) is 8.51. The van der Waals surface area contributed by atoms with Gasteiger partial charge in [-0.1, -0.05) is 11.6 Å². The van der Waals surface area contributed by atoms with Gasteiger partial charge in [0, 0.05) is 17.2 Å². The molecule has 2 aliphatic heterocycles. The average molecular weight is 647 g/mol. The largest absolute Gasteiger partial charge is 0.417 e. The van der Waals surface area contributed by atoms with Gasteiger partial charge >= 0.3 is 6.18 Å². The first-order valence-corrected chi connectivity index (χ1v) is 16.7. The fraction of sp³-hybridized carbons (Fsp3) is 0.367. The lowest BCUT2D eigenvalue weighted by molar-refractivity contribution is -0.137. The number of fused-ring (bicyclic) bond motifs is 2. The van der Waals surface area contributed by atoms with E-state index in [2.05, 4.69) is 10.3 Å². The van der Waals surface area contributed by atoms with E-state index in [0.29, 0.717) is 23.0 Å². The van der Waals surface area contributed by atoms with E-state index in [9.17, 15) is 31.6 Å². The van der Waals surface area contributed by atoms with Crippen molar-refractivity contribution in [1.82, 2.24) is 10.3 Å². The lowest BCUT2D eigenvalue weighted by atomic mass is 9.70. The molecule has 1 atom stereocenters. The zero-order valence-electron chi connectivity index (χ0n) is 22.7. The standard InChI is InChI=1S/C30H26ClF3N4O3S2/c31-24-14-21(30(32,33)34)16-36-25(24)17-37-28(39)20-5-8-26-23(13-20)29(9-11-42-12-10-29)27(19-3-4-19)38(26)43(40,41)22-6-1-18(15-35)2-7-22/h1-2,5-8,13-14,16,19,27H,3-4,9-12,17H2,(H,37,39). The Morgan fingerprint density at radius 3 is 2.44 bits per heavy atom. The zero-order valence-corrected chi connectivity index (χ0v) is 25.1. The van der Waals surface area contributed by atoms with Gasteiger partial charge in [-0.25, -0.2) is 8.42 Å². The summed E-state index contributed by atoms with van der Waals surface area (Å²) in [6, 6.07) is 13.4. The van der Waals surface area contributed by atoms with Crippen LogP contribution in [0.3, 0.4) is 0 Å². The van der Waals surface area contributed by atoms with Crippen molar-refractivity contribution in [3.63, 3.8) is 0 Å². The summed E-state index contributed by atoms with van der Waals surface area (Å²) < 4.78 is 69.0. The normalized spacial score (nSPS) is 19.6. The number of benzene rings is 2. The average Bonchev–Trinajstić information content (AvgIpc) is 3.80. The third kappa shape index (κ3) is 5.36. The Balaban J connectivity index is 1.35. The van der Waals surface area contributed by atoms with Crippen LogP contribution in [0.25, 0.3) is 0 Å². The first-order valence-electron chi connectivity index (χ1n) is 13.7. The van der Waals surface area contributed by atoms with Gasteiger partial charge in [0.15, 0.2) is 0 Å². The highest BCUT2D eigenvalue weighted by molar-refractivity contribution is 7.99. The molecule has 1 saturated carbocycles. The Labute approximate surface area is 256 Å². The van der Waals surface area contributed by atoms with Crippen LogP contribution in [-0.2, 0) is 28.2 Å². The number of halogens is 4. The summed E-state index contributed by atoms with van der Waals surface area (Å²) in [5.74, 6) is 1.44. The van der Waals surface area contributed by atoms with Gasteiger partial charge in [0.1, 0.15) is 0 Å². The predicted molar refractivity (Wildman–Crippen MR) is 157 cm³/mol. The summed E-state index contributed by atoms with van der Waals surface area (Å²) in [6.45, 7) is -0.182. The number of amides is 1. The van der Waals surface area contributed by atoms with Gasteiger partial charge in [0.2, 0.25) is 0 Å². The maximum Gasteiger partial charge on any atom is 0.417 e. The monoisotopic (exact) mass is 646 g/mol. The van der Waals surface area contributed by atoms with E-state index in [1.807, 2.05) is 17.8 Å². The van der Waals surface area contributed by atoms with Crippen LogP contribution in [0.5, 0.6) is 0 Å². The Morgan fingerprint density at radius 1 is 1.14 bits per heavy atom. The number of nitriles is 1. The summed E-state index contributed by atoms with van der Waals surface area (Å²) in [7, 11) is -3.99. The molecule has 7 nitrogen and oxygen atoms in total. The van der Waals surface area contributed by atoms with E-state index in [1.165, 1.54) is 24.3 Å². The van der Waals surface area contributed by atoms with Crippen LogP contribution in [0.4, 0.5) is 18.9 Å². The van der Waals surface area contributed by atoms with Crippen LogP contribution in [0, 0.1) is 17.2 Å². The van der Waals surface area contributed by atoms with E-state index in [-0.39, 0.29) is 34.1 Å². The highest BCUT2D eigenvalue weighted by Crippen LogP contribution is 2.59. The molecular formula is C30H26ClF3N4O3S2. The van der Waals surface area contributed by atoms with Crippen molar-refractivity contribution in [1.29, 1.82) is 5.26 Å². The van der Waals surface area contributed by atoms with Gasteiger partial charge in [0.05, 0.1) is 51.1 Å². The van der Waals surface area contributed by atoms with Crippen molar-refractivity contribution in [2.24, 2.45) is 5.92 Å². The molecule has 2 aromatic carbocycles. The lowest BCUT2D eigenvalue weighted by Gasteiger charge is -2.41. The molecule has 6 rings (SSSR count). The fourth-order valence-electron chi connectivity index (χ4n) is 6.27. The second-order valence-corrected chi connectivity index (χ2v) is 14.5. The maximum atomic E-state index is 14.2. The number of alkyl halides is 3. The van der Waals surface area contributed by atoms with Gasteiger partial charge in [0.25, 0.3) is 15.9 Å². The van der Waals surface area contributed by atoms with Crippen molar-refractivity contribution in [3.05, 3.63) is 87.7 Å². The molecule has 0 radical (unpaired) electrons. The number of thioether (sulfide) groups is 1. The van der Waals surface area contributed by atoms with E-state index in [4.69, 9.17) is 11.6 Å². The molecule has 13 heteroatoms. The SMILES string of the molecule is N#Cc1ccc(S(=O)(=O)N2c3ccc(C(=O)NCc4ncc(C(F)(F)F)cc4Cl)cc3C3(CCSCC3)C2C2CC2)cc1. The summed E-state index contributed by atoms with van der Waals surface area (Å²) in [4.78, 5) is 17.2. The van der Waals surface area contributed by atoms with E-state index in [1.54, 1.807) is 22.5 Å². The van der Waals surface area contributed by atoms with Crippen LogP contribution in [0.1, 0.15) is 58.4 Å². The highest BCUT2D eigenvalue weighted by Gasteiger charge is 2.59. The molecule has 1 spiro atoms. The summed E-state index contributed by atoms with van der Waals surface area (Å²) in [5, 5.41) is 11.7. The molecule has 1 N–H and O–H groups in total. The van der Waals surface area contributed by atoms with E-state index >= 15 is 0 Å². The second-order valence-electron chi connectivity index (χ2n) is 11.1. The molecule has 3 heterocycles. The van der Waals surface area contributed by atoms with Crippen molar-refractivity contribution >= 4 is 45.0 Å². The zero-order chi connectivity index (χ0) is 30.6. The molecule has 43 heavy (non-hydrogen) atoms. The molecule has 3 aliphatic rings. The van der Waals surface area contributed by atoms with Crippen molar-refractivity contribution in [2.45, 2.75) is 54.8 Å². The number of anilines is 1. The minimum atomic E-state index is -4.59. The summed E-state index contributed by atoms with van der Waals surface area (Å²) in [5.41, 5.74) is 0.703. The Kier molecular flexibility index (Phi) is 7.63. The number of nitrogens with one attached hydrogen (secondary N) is 1. The van der Waals surface area contributed by atoms with Crippen LogP contribution in [0.15, 0.2) is 59.6 Å². The number of rotatable bonds is 6. The molecule has 1 unspecified atom stereocenters. The molecule has 224 valence electrons. The van der Waals surface area contributed by atoms with Gasteiger partial charge in [-0.3, -0.25) is 14.1 Å².